The monoisotopic (exact) mass is 291 g/mol. The van der Waals surface area contributed by atoms with Crippen LogP contribution in [0.5, 0.6) is 0 Å². The van der Waals surface area contributed by atoms with E-state index in [2.05, 4.69) is 5.10 Å². The number of amides is 1. The third kappa shape index (κ3) is 2.76. The van der Waals surface area contributed by atoms with Gasteiger partial charge in [-0.1, -0.05) is 0 Å². The molecule has 0 atom stereocenters. The normalized spacial score (nSPS) is 11.4. The number of benzene rings is 1. The van der Waals surface area contributed by atoms with Crippen LogP contribution < -0.4 is 5.32 Å². The second-order valence-electron chi connectivity index (χ2n) is 3.73. The van der Waals surface area contributed by atoms with Gasteiger partial charge in [-0.25, -0.2) is 8.78 Å². The Balaban J connectivity index is 2.27. The molecule has 2 aromatic rings. The standard InChI is InChI=1S/C11H6F5N3O/c12-5-1-2-8(7(13)3-5)18-10(20)6-4-17-19-9(6)11(14,15)16/h1-4H,(H,17,19)(H,18,20). The van der Waals surface area contributed by atoms with Crippen molar-refractivity contribution in [1.29, 1.82) is 0 Å². The van der Waals surface area contributed by atoms with Gasteiger partial charge in [0.15, 0.2) is 5.69 Å². The summed E-state index contributed by atoms with van der Waals surface area (Å²) in [6.07, 6.45) is -4.13. The lowest BCUT2D eigenvalue weighted by Gasteiger charge is -2.08. The van der Waals surface area contributed by atoms with E-state index in [0.29, 0.717) is 12.3 Å². The number of halogens is 5. The first kappa shape index (κ1) is 14.0. The van der Waals surface area contributed by atoms with E-state index in [9.17, 15) is 26.7 Å². The number of nitrogens with zero attached hydrogens (tertiary/aromatic N) is 1. The number of alkyl halides is 3. The van der Waals surface area contributed by atoms with Crippen molar-refractivity contribution in [3.8, 4) is 0 Å². The Morgan fingerprint density at radius 3 is 2.55 bits per heavy atom. The van der Waals surface area contributed by atoms with Crippen molar-refractivity contribution < 1.29 is 26.7 Å². The van der Waals surface area contributed by atoms with E-state index < -0.39 is 40.7 Å². The van der Waals surface area contributed by atoms with Crippen molar-refractivity contribution in [2.24, 2.45) is 0 Å². The highest BCUT2D eigenvalue weighted by atomic mass is 19.4. The number of aromatic amines is 1. The van der Waals surface area contributed by atoms with Gasteiger partial charge in [0.2, 0.25) is 0 Å². The predicted octanol–water partition coefficient (Wildman–Crippen LogP) is 2.96. The Morgan fingerprint density at radius 1 is 1.25 bits per heavy atom. The molecule has 0 bridgehead atoms. The first-order chi connectivity index (χ1) is 9.29. The van der Waals surface area contributed by atoms with Gasteiger partial charge in [0.05, 0.1) is 17.4 Å². The fourth-order valence-electron chi connectivity index (χ4n) is 1.45. The van der Waals surface area contributed by atoms with Gasteiger partial charge in [-0.2, -0.15) is 18.3 Å². The molecule has 0 spiro atoms. The summed E-state index contributed by atoms with van der Waals surface area (Å²) in [6.45, 7) is 0. The molecule has 1 heterocycles. The first-order valence-corrected chi connectivity index (χ1v) is 5.16. The van der Waals surface area contributed by atoms with E-state index in [1.54, 1.807) is 5.10 Å². The van der Waals surface area contributed by atoms with Gasteiger partial charge in [-0.3, -0.25) is 9.89 Å². The third-order valence-corrected chi connectivity index (χ3v) is 2.35. The molecule has 4 nitrogen and oxygen atoms in total. The summed E-state index contributed by atoms with van der Waals surface area (Å²) in [5, 5.41) is 6.69. The van der Waals surface area contributed by atoms with Crippen LogP contribution in [0.3, 0.4) is 0 Å². The van der Waals surface area contributed by atoms with Gasteiger partial charge < -0.3 is 5.32 Å². The zero-order valence-corrected chi connectivity index (χ0v) is 9.55. The van der Waals surface area contributed by atoms with Gasteiger partial charge >= 0.3 is 6.18 Å². The number of carbonyl (C=O) groups is 1. The number of H-pyrrole nitrogens is 1. The third-order valence-electron chi connectivity index (χ3n) is 2.35. The highest BCUT2D eigenvalue weighted by Crippen LogP contribution is 2.30. The van der Waals surface area contributed by atoms with Crippen molar-refractivity contribution in [3.05, 3.63) is 47.3 Å². The zero-order chi connectivity index (χ0) is 14.9. The smallest absolute Gasteiger partial charge is 0.319 e. The van der Waals surface area contributed by atoms with Gasteiger partial charge in [-0.15, -0.1) is 0 Å². The van der Waals surface area contributed by atoms with E-state index in [4.69, 9.17) is 0 Å². The summed E-state index contributed by atoms with van der Waals surface area (Å²) in [4.78, 5) is 11.6. The zero-order valence-electron chi connectivity index (χ0n) is 9.55. The Labute approximate surface area is 108 Å². The SMILES string of the molecule is O=C(Nc1ccc(F)cc1F)c1cn[nH]c1C(F)(F)F. The molecule has 2 N–H and O–H groups in total. The van der Waals surface area contributed by atoms with Crippen LogP contribution in [-0.2, 0) is 6.18 Å². The Morgan fingerprint density at radius 2 is 1.95 bits per heavy atom. The number of nitrogens with one attached hydrogen (secondary N) is 2. The second-order valence-corrected chi connectivity index (χ2v) is 3.73. The van der Waals surface area contributed by atoms with Crippen molar-refractivity contribution in [2.75, 3.05) is 5.32 Å². The van der Waals surface area contributed by atoms with Crippen LogP contribution in [0.25, 0.3) is 0 Å². The fourth-order valence-corrected chi connectivity index (χ4v) is 1.45. The van der Waals surface area contributed by atoms with Gasteiger partial charge in [0.1, 0.15) is 11.6 Å². The summed E-state index contributed by atoms with van der Waals surface area (Å²) in [6, 6.07) is 2.25. The maximum atomic E-state index is 13.3. The summed E-state index contributed by atoms with van der Waals surface area (Å²) in [5.74, 6) is -3.19. The van der Waals surface area contributed by atoms with Crippen molar-refractivity contribution in [3.63, 3.8) is 0 Å². The lowest BCUT2D eigenvalue weighted by atomic mass is 10.2. The summed E-state index contributed by atoms with van der Waals surface area (Å²) < 4.78 is 63.6. The highest BCUT2D eigenvalue weighted by Gasteiger charge is 2.37. The molecule has 0 saturated heterocycles. The number of anilines is 1. The summed E-state index contributed by atoms with van der Waals surface area (Å²) in [5.41, 5.74) is -2.58. The molecular weight excluding hydrogens is 285 g/mol. The molecular formula is C11H6F5N3O. The van der Waals surface area contributed by atoms with E-state index in [-0.39, 0.29) is 0 Å². The molecule has 0 aliphatic heterocycles. The number of aromatic nitrogens is 2. The average molecular weight is 291 g/mol. The molecule has 1 amide bonds. The van der Waals surface area contributed by atoms with Crippen molar-refractivity contribution >= 4 is 11.6 Å². The molecule has 1 aromatic carbocycles. The Bertz CT molecular complexity index is 650. The molecule has 0 aliphatic rings. The topological polar surface area (TPSA) is 57.8 Å². The largest absolute Gasteiger partial charge is 0.433 e. The average Bonchev–Trinajstić information content (AvgIpc) is 2.81. The first-order valence-electron chi connectivity index (χ1n) is 5.16. The quantitative estimate of drug-likeness (QED) is 0.836. The maximum absolute atomic E-state index is 13.3. The van der Waals surface area contributed by atoms with Crippen molar-refractivity contribution in [1.82, 2.24) is 10.2 Å². The van der Waals surface area contributed by atoms with Gasteiger partial charge in [-0.05, 0) is 12.1 Å². The van der Waals surface area contributed by atoms with Gasteiger partial charge in [0, 0.05) is 6.07 Å². The molecule has 0 unspecified atom stereocenters. The minimum atomic E-state index is -4.80. The van der Waals surface area contributed by atoms with Crippen LogP contribution in [0, 0.1) is 11.6 Å². The van der Waals surface area contributed by atoms with Crippen LogP contribution in [0.4, 0.5) is 27.6 Å². The van der Waals surface area contributed by atoms with Crippen LogP contribution in [0.15, 0.2) is 24.4 Å². The lowest BCUT2D eigenvalue weighted by Crippen LogP contribution is -2.18. The van der Waals surface area contributed by atoms with E-state index in [0.717, 1.165) is 12.1 Å². The summed E-state index contributed by atoms with van der Waals surface area (Å²) in [7, 11) is 0. The van der Waals surface area contributed by atoms with Crippen LogP contribution in [-0.4, -0.2) is 16.1 Å². The number of rotatable bonds is 2. The fraction of sp³-hybridized carbons (Fsp3) is 0.0909. The maximum Gasteiger partial charge on any atom is 0.433 e. The number of hydrogen-bond acceptors (Lipinski definition) is 2. The minimum Gasteiger partial charge on any atom is -0.319 e. The number of carbonyl (C=O) groups excluding carboxylic acids is 1. The molecule has 0 radical (unpaired) electrons. The van der Waals surface area contributed by atoms with Gasteiger partial charge in [0.25, 0.3) is 5.91 Å². The molecule has 2 rings (SSSR count). The minimum absolute atomic E-state index is 0.439. The van der Waals surface area contributed by atoms with Crippen LogP contribution in [0.2, 0.25) is 0 Å². The van der Waals surface area contributed by atoms with E-state index in [1.165, 1.54) is 0 Å². The Kier molecular flexibility index (Phi) is 3.43. The van der Waals surface area contributed by atoms with Crippen LogP contribution >= 0.6 is 0 Å². The molecule has 106 valence electrons. The van der Waals surface area contributed by atoms with Crippen LogP contribution in [0.1, 0.15) is 16.1 Å². The molecule has 0 fully saturated rings. The Hall–Kier alpha value is -2.45. The molecule has 0 saturated carbocycles. The molecule has 1 aromatic heterocycles. The highest BCUT2D eigenvalue weighted by molar-refractivity contribution is 6.05. The van der Waals surface area contributed by atoms with E-state index in [1.807, 2.05) is 5.32 Å². The number of hydrogen-bond donors (Lipinski definition) is 2. The molecule has 20 heavy (non-hydrogen) atoms. The predicted molar refractivity (Wildman–Crippen MR) is 57.9 cm³/mol. The van der Waals surface area contributed by atoms with E-state index >= 15 is 0 Å². The molecule has 0 aliphatic carbocycles. The molecule has 9 heteroatoms. The summed E-state index contributed by atoms with van der Waals surface area (Å²) >= 11 is 0. The van der Waals surface area contributed by atoms with Crippen molar-refractivity contribution in [2.45, 2.75) is 6.18 Å². The second kappa shape index (κ2) is 4.91. The lowest BCUT2D eigenvalue weighted by molar-refractivity contribution is -0.141.